The zero-order valence-electron chi connectivity index (χ0n) is 13.9. The lowest BCUT2D eigenvalue weighted by atomic mass is 10.2. The standard InChI is InChI=1S/C16H20N3O4/c1-19-10-11(6-7-15(19)22-4)17-18-12-8-13(20-2)16(23-5)14(9-12)21-3/h6-10H,1-5H3/q+1. The number of nitrogens with zero attached hydrogens (tertiary/aromatic N) is 3. The Bertz CT molecular complexity index is 691. The molecule has 7 heteroatoms. The average molecular weight is 318 g/mol. The molecule has 0 saturated carbocycles. The van der Waals surface area contributed by atoms with Gasteiger partial charge in [-0.15, -0.1) is 5.11 Å². The highest BCUT2D eigenvalue weighted by molar-refractivity contribution is 5.60. The summed E-state index contributed by atoms with van der Waals surface area (Å²) in [7, 11) is 8.16. The smallest absolute Gasteiger partial charge is 0.367 e. The average Bonchev–Trinajstić information content (AvgIpc) is 2.58. The normalized spacial score (nSPS) is 10.7. The summed E-state index contributed by atoms with van der Waals surface area (Å²) in [5, 5.41) is 8.44. The predicted octanol–water partition coefficient (Wildman–Crippen LogP) is 2.96. The number of benzene rings is 1. The van der Waals surface area contributed by atoms with Crippen molar-refractivity contribution in [3.63, 3.8) is 0 Å². The molecule has 0 aliphatic heterocycles. The van der Waals surface area contributed by atoms with Gasteiger partial charge >= 0.3 is 5.88 Å². The predicted molar refractivity (Wildman–Crippen MR) is 84.4 cm³/mol. The molecule has 0 bridgehead atoms. The first-order valence-electron chi connectivity index (χ1n) is 6.88. The van der Waals surface area contributed by atoms with Crippen LogP contribution in [-0.2, 0) is 7.05 Å². The Morgan fingerprint density at radius 2 is 1.39 bits per heavy atom. The van der Waals surface area contributed by atoms with Crippen LogP contribution in [0.25, 0.3) is 0 Å². The Morgan fingerprint density at radius 3 is 1.87 bits per heavy atom. The van der Waals surface area contributed by atoms with E-state index in [9.17, 15) is 0 Å². The highest BCUT2D eigenvalue weighted by Gasteiger charge is 2.13. The minimum atomic E-state index is 0.518. The van der Waals surface area contributed by atoms with E-state index >= 15 is 0 Å². The second kappa shape index (κ2) is 7.44. The van der Waals surface area contributed by atoms with E-state index in [1.165, 1.54) is 0 Å². The summed E-state index contributed by atoms with van der Waals surface area (Å²) in [4.78, 5) is 0. The number of methoxy groups -OCH3 is 4. The lowest BCUT2D eigenvalue weighted by molar-refractivity contribution is -0.676. The molecule has 2 aromatic rings. The molecule has 1 aromatic carbocycles. The largest absolute Gasteiger partial charge is 0.493 e. The van der Waals surface area contributed by atoms with Gasteiger partial charge in [0.2, 0.25) is 5.75 Å². The van der Waals surface area contributed by atoms with Crippen LogP contribution in [0.4, 0.5) is 11.4 Å². The Balaban J connectivity index is 2.34. The molecular weight excluding hydrogens is 298 g/mol. The Kier molecular flexibility index (Phi) is 5.35. The Hall–Kier alpha value is -2.83. The van der Waals surface area contributed by atoms with Crippen LogP contribution in [-0.4, -0.2) is 28.4 Å². The minimum absolute atomic E-state index is 0.518. The van der Waals surface area contributed by atoms with Crippen molar-refractivity contribution in [2.75, 3.05) is 28.4 Å². The van der Waals surface area contributed by atoms with Crippen molar-refractivity contribution in [2.45, 2.75) is 0 Å². The highest BCUT2D eigenvalue weighted by atomic mass is 16.5. The maximum Gasteiger partial charge on any atom is 0.367 e. The molecule has 122 valence electrons. The van der Waals surface area contributed by atoms with E-state index in [-0.39, 0.29) is 0 Å². The zero-order valence-corrected chi connectivity index (χ0v) is 13.9. The molecule has 0 spiro atoms. The summed E-state index contributed by atoms with van der Waals surface area (Å²) < 4.78 is 22.9. The van der Waals surface area contributed by atoms with Gasteiger partial charge in [0.1, 0.15) is 12.7 Å². The van der Waals surface area contributed by atoms with Crippen LogP contribution in [0.2, 0.25) is 0 Å². The summed E-state index contributed by atoms with van der Waals surface area (Å²) in [6.07, 6.45) is 1.82. The molecule has 0 N–H and O–H groups in total. The summed E-state index contributed by atoms with van der Waals surface area (Å²) >= 11 is 0. The van der Waals surface area contributed by atoms with Gasteiger partial charge in [0.05, 0.1) is 40.2 Å². The fourth-order valence-corrected chi connectivity index (χ4v) is 2.09. The number of hydrogen-bond donors (Lipinski definition) is 0. The molecule has 0 aliphatic carbocycles. The number of ether oxygens (including phenoxy) is 4. The summed E-state index contributed by atoms with van der Waals surface area (Å²) in [5.74, 6) is 2.31. The van der Waals surface area contributed by atoms with Gasteiger partial charge in [-0.05, 0) is 6.07 Å². The highest BCUT2D eigenvalue weighted by Crippen LogP contribution is 2.41. The van der Waals surface area contributed by atoms with Crippen molar-refractivity contribution < 1.29 is 23.5 Å². The first-order valence-corrected chi connectivity index (χ1v) is 6.88. The van der Waals surface area contributed by atoms with E-state index in [1.807, 2.05) is 29.9 Å². The van der Waals surface area contributed by atoms with Crippen LogP contribution in [0.3, 0.4) is 0 Å². The van der Waals surface area contributed by atoms with Gasteiger partial charge in [-0.3, -0.25) is 0 Å². The molecule has 7 nitrogen and oxygen atoms in total. The van der Waals surface area contributed by atoms with Crippen molar-refractivity contribution in [3.05, 3.63) is 30.5 Å². The minimum Gasteiger partial charge on any atom is -0.493 e. The van der Waals surface area contributed by atoms with E-state index in [0.717, 1.165) is 5.88 Å². The van der Waals surface area contributed by atoms with Crippen molar-refractivity contribution >= 4 is 11.4 Å². The molecule has 1 aromatic heterocycles. The molecule has 0 unspecified atom stereocenters. The number of rotatable bonds is 6. The molecule has 2 rings (SSSR count). The van der Waals surface area contributed by atoms with Crippen LogP contribution in [0.15, 0.2) is 40.7 Å². The maximum absolute atomic E-state index is 5.29. The third kappa shape index (κ3) is 3.68. The van der Waals surface area contributed by atoms with Gasteiger partial charge < -0.3 is 18.9 Å². The van der Waals surface area contributed by atoms with E-state index in [2.05, 4.69) is 10.2 Å². The molecule has 23 heavy (non-hydrogen) atoms. The van der Waals surface area contributed by atoms with Crippen LogP contribution >= 0.6 is 0 Å². The van der Waals surface area contributed by atoms with Crippen molar-refractivity contribution in [1.82, 2.24) is 0 Å². The van der Waals surface area contributed by atoms with Gasteiger partial charge in [-0.1, -0.05) is 0 Å². The van der Waals surface area contributed by atoms with Crippen molar-refractivity contribution in [1.29, 1.82) is 0 Å². The molecule has 0 atom stereocenters. The van der Waals surface area contributed by atoms with Gasteiger partial charge in [0.15, 0.2) is 17.7 Å². The van der Waals surface area contributed by atoms with Crippen LogP contribution in [0.5, 0.6) is 23.1 Å². The summed E-state index contributed by atoms with van der Waals surface area (Å²) in [5.41, 5.74) is 1.29. The van der Waals surface area contributed by atoms with E-state index in [1.54, 1.807) is 40.6 Å². The van der Waals surface area contributed by atoms with Crippen molar-refractivity contribution in [3.8, 4) is 23.1 Å². The molecular formula is C16H20N3O4+. The second-order valence-corrected chi connectivity index (χ2v) is 4.62. The van der Waals surface area contributed by atoms with Gasteiger partial charge in [-0.25, -0.2) is 0 Å². The Morgan fingerprint density at radius 1 is 0.783 bits per heavy atom. The van der Waals surface area contributed by atoms with E-state index < -0.39 is 0 Å². The maximum atomic E-state index is 5.29. The van der Waals surface area contributed by atoms with Crippen LogP contribution < -0.4 is 23.5 Å². The van der Waals surface area contributed by atoms with E-state index in [0.29, 0.717) is 28.6 Å². The van der Waals surface area contributed by atoms with E-state index in [4.69, 9.17) is 18.9 Å². The fraction of sp³-hybridized carbons (Fsp3) is 0.312. The second-order valence-electron chi connectivity index (χ2n) is 4.62. The number of aromatic nitrogens is 1. The summed E-state index contributed by atoms with van der Waals surface area (Å²) in [6, 6.07) is 7.10. The molecule has 0 aliphatic rings. The molecule has 0 fully saturated rings. The first kappa shape index (κ1) is 16.5. The third-order valence-electron chi connectivity index (χ3n) is 3.21. The molecule has 0 radical (unpaired) electrons. The summed E-state index contributed by atoms with van der Waals surface area (Å²) in [6.45, 7) is 0. The first-order chi connectivity index (χ1) is 11.1. The quantitative estimate of drug-likeness (QED) is 0.607. The number of aryl methyl sites for hydroxylation is 1. The van der Waals surface area contributed by atoms with Gasteiger partial charge in [-0.2, -0.15) is 9.68 Å². The molecule has 0 amide bonds. The fourth-order valence-electron chi connectivity index (χ4n) is 2.09. The number of pyridine rings is 1. The molecule has 0 saturated heterocycles. The lowest BCUT2D eigenvalue weighted by Gasteiger charge is -2.12. The van der Waals surface area contributed by atoms with Crippen LogP contribution in [0, 0.1) is 0 Å². The monoisotopic (exact) mass is 318 g/mol. The number of azo groups is 1. The third-order valence-corrected chi connectivity index (χ3v) is 3.21. The molecule has 1 heterocycles. The Labute approximate surface area is 135 Å². The van der Waals surface area contributed by atoms with Gasteiger partial charge in [0, 0.05) is 12.1 Å². The van der Waals surface area contributed by atoms with Crippen molar-refractivity contribution in [2.24, 2.45) is 17.3 Å². The van der Waals surface area contributed by atoms with Gasteiger partial charge in [0.25, 0.3) is 0 Å². The SMILES string of the molecule is COc1cc(N=Nc2ccc(OC)[n+](C)c2)cc(OC)c1OC. The zero-order chi connectivity index (χ0) is 16.8. The lowest BCUT2D eigenvalue weighted by Crippen LogP contribution is -2.29. The van der Waals surface area contributed by atoms with Crippen LogP contribution in [0.1, 0.15) is 0 Å². The number of hydrogen-bond acceptors (Lipinski definition) is 6. The topological polar surface area (TPSA) is 65.5 Å².